The summed E-state index contributed by atoms with van der Waals surface area (Å²) in [5.74, 6) is -3.16. The summed E-state index contributed by atoms with van der Waals surface area (Å²) in [7, 11) is 0. The standard InChI is InChI=1S/C28H31F8N3O2.2ClH/c1-17-14-38(15-18(2)41-17)6-5-37-7-8-39(23(16-37)9-19-3-4-24(29)25(30)10-19)26(40)20-11-21(27(31,32)33)13-22(12-20)28(34,35)36;;/h3-4,10-13,17-18,23H,5-9,14-16H2,1-2H3;2*1H/t17?,18?,23-;;/m1../s1. The second-order valence-electron chi connectivity index (χ2n) is 10.7. The van der Waals surface area contributed by atoms with Crippen LogP contribution >= 0.6 is 24.8 Å². The maximum atomic E-state index is 13.9. The highest BCUT2D eigenvalue weighted by Crippen LogP contribution is 2.37. The Hall–Kier alpha value is -2.19. The van der Waals surface area contributed by atoms with Crippen LogP contribution in [0.15, 0.2) is 36.4 Å². The Balaban J connectivity index is 0.00000323. The van der Waals surface area contributed by atoms with Crippen molar-refractivity contribution >= 4 is 30.7 Å². The number of piperazine rings is 1. The first kappa shape index (κ1) is 37.0. The number of morpholine rings is 1. The van der Waals surface area contributed by atoms with Gasteiger partial charge in [-0.05, 0) is 56.2 Å². The van der Waals surface area contributed by atoms with E-state index in [-0.39, 0.29) is 62.6 Å². The van der Waals surface area contributed by atoms with Gasteiger partial charge in [-0.15, -0.1) is 24.8 Å². The van der Waals surface area contributed by atoms with Crippen molar-refractivity contribution in [2.24, 2.45) is 0 Å². The van der Waals surface area contributed by atoms with E-state index < -0.39 is 52.6 Å². The van der Waals surface area contributed by atoms with Crippen molar-refractivity contribution in [2.45, 2.75) is 50.9 Å². The molecule has 2 fully saturated rings. The number of nitrogens with zero attached hydrogens (tertiary/aromatic N) is 3. The zero-order valence-corrected chi connectivity index (χ0v) is 25.0. The molecule has 0 spiro atoms. The van der Waals surface area contributed by atoms with Crippen LogP contribution < -0.4 is 0 Å². The molecule has 3 atom stereocenters. The molecule has 5 nitrogen and oxygen atoms in total. The summed E-state index contributed by atoms with van der Waals surface area (Å²) in [6.45, 7) is 7.30. The zero-order chi connectivity index (χ0) is 30.1. The van der Waals surface area contributed by atoms with Crippen LogP contribution in [0, 0.1) is 11.6 Å². The lowest BCUT2D eigenvalue weighted by Crippen LogP contribution is -2.57. The van der Waals surface area contributed by atoms with Crippen molar-refractivity contribution in [1.29, 1.82) is 0 Å². The van der Waals surface area contributed by atoms with E-state index >= 15 is 0 Å². The lowest BCUT2D eigenvalue weighted by atomic mass is 9.99. The predicted molar refractivity (Wildman–Crippen MR) is 149 cm³/mol. The summed E-state index contributed by atoms with van der Waals surface area (Å²) in [5, 5.41) is 0. The molecule has 4 rings (SSSR count). The van der Waals surface area contributed by atoms with Crippen LogP contribution in [0.4, 0.5) is 35.1 Å². The molecule has 2 aromatic rings. The molecule has 2 aliphatic rings. The van der Waals surface area contributed by atoms with Gasteiger partial charge in [-0.2, -0.15) is 26.3 Å². The van der Waals surface area contributed by atoms with E-state index in [2.05, 4.69) is 4.90 Å². The Labute approximate surface area is 257 Å². The molecule has 0 aliphatic carbocycles. The molecule has 1 amide bonds. The summed E-state index contributed by atoms with van der Waals surface area (Å²) in [6.07, 6.45) is -10.1. The van der Waals surface area contributed by atoms with Gasteiger partial charge in [-0.3, -0.25) is 14.6 Å². The van der Waals surface area contributed by atoms with Gasteiger partial charge in [-0.25, -0.2) is 8.78 Å². The molecular formula is C28H33Cl2F8N3O2. The van der Waals surface area contributed by atoms with Crippen LogP contribution in [0.5, 0.6) is 0 Å². The Morgan fingerprint density at radius 3 is 1.88 bits per heavy atom. The first-order chi connectivity index (χ1) is 19.1. The first-order valence-corrected chi connectivity index (χ1v) is 13.2. The fraction of sp³-hybridized carbons (Fsp3) is 0.536. The number of alkyl halides is 6. The fourth-order valence-corrected chi connectivity index (χ4v) is 5.50. The number of ether oxygens (including phenoxy) is 1. The average molecular weight is 666 g/mol. The summed E-state index contributed by atoms with van der Waals surface area (Å²) >= 11 is 0. The summed E-state index contributed by atoms with van der Waals surface area (Å²) < 4.78 is 114. The van der Waals surface area contributed by atoms with Gasteiger partial charge in [0.25, 0.3) is 5.91 Å². The predicted octanol–water partition coefficient (Wildman–Crippen LogP) is 6.32. The van der Waals surface area contributed by atoms with Crippen molar-refractivity contribution in [2.75, 3.05) is 45.8 Å². The van der Waals surface area contributed by atoms with E-state index in [4.69, 9.17) is 4.74 Å². The number of amides is 1. The second-order valence-corrected chi connectivity index (χ2v) is 10.7. The third-order valence-electron chi connectivity index (χ3n) is 7.35. The van der Waals surface area contributed by atoms with Crippen molar-refractivity contribution in [3.63, 3.8) is 0 Å². The highest BCUT2D eigenvalue weighted by atomic mass is 35.5. The van der Waals surface area contributed by atoms with Gasteiger partial charge in [0.1, 0.15) is 0 Å². The van der Waals surface area contributed by atoms with Crippen LogP contribution in [0.25, 0.3) is 0 Å². The van der Waals surface area contributed by atoms with Crippen molar-refractivity contribution in [3.8, 4) is 0 Å². The van der Waals surface area contributed by atoms with Gasteiger partial charge in [0.15, 0.2) is 11.6 Å². The SMILES string of the molecule is CC1CN(CCN2CCN(C(=O)c3cc(C(F)(F)F)cc(C(F)(F)F)c3)[C@H](Cc3ccc(F)c(F)c3)C2)CC(C)O1.Cl.Cl. The number of halogens is 10. The highest BCUT2D eigenvalue weighted by Gasteiger charge is 2.39. The van der Waals surface area contributed by atoms with Crippen molar-refractivity contribution < 1.29 is 44.7 Å². The van der Waals surface area contributed by atoms with Crippen LogP contribution in [0.1, 0.15) is 40.9 Å². The van der Waals surface area contributed by atoms with E-state index in [0.717, 1.165) is 25.2 Å². The minimum atomic E-state index is -5.10. The normalized spacial score (nSPS) is 22.1. The van der Waals surface area contributed by atoms with Crippen LogP contribution in [0.3, 0.4) is 0 Å². The number of carbonyl (C=O) groups is 1. The lowest BCUT2D eigenvalue weighted by molar-refractivity contribution is -0.143. The zero-order valence-electron chi connectivity index (χ0n) is 23.4. The largest absolute Gasteiger partial charge is 0.416 e. The van der Waals surface area contributed by atoms with Crippen molar-refractivity contribution in [3.05, 3.63) is 70.3 Å². The molecule has 242 valence electrons. The van der Waals surface area contributed by atoms with E-state index in [1.807, 2.05) is 18.7 Å². The fourth-order valence-electron chi connectivity index (χ4n) is 5.50. The number of carbonyl (C=O) groups excluding carboxylic acids is 1. The third kappa shape index (κ3) is 9.65. The smallest absolute Gasteiger partial charge is 0.373 e. The maximum absolute atomic E-state index is 13.9. The molecule has 2 aliphatic heterocycles. The van der Waals surface area contributed by atoms with Gasteiger partial charge >= 0.3 is 12.4 Å². The van der Waals surface area contributed by atoms with E-state index in [9.17, 15) is 39.9 Å². The number of hydrogen-bond acceptors (Lipinski definition) is 4. The molecule has 2 unspecified atom stereocenters. The Morgan fingerprint density at radius 2 is 1.35 bits per heavy atom. The Kier molecular flexibility index (Phi) is 12.7. The number of rotatable bonds is 6. The lowest BCUT2D eigenvalue weighted by Gasteiger charge is -2.43. The van der Waals surface area contributed by atoms with E-state index in [1.165, 1.54) is 11.0 Å². The maximum Gasteiger partial charge on any atom is 0.416 e. The minimum absolute atomic E-state index is 0. The van der Waals surface area contributed by atoms with Crippen molar-refractivity contribution in [1.82, 2.24) is 14.7 Å². The minimum Gasteiger partial charge on any atom is -0.373 e. The summed E-state index contributed by atoms with van der Waals surface area (Å²) in [5.41, 5.74) is -3.57. The van der Waals surface area contributed by atoms with Gasteiger partial charge in [0, 0.05) is 57.4 Å². The topological polar surface area (TPSA) is 36.0 Å². The average Bonchev–Trinajstić information content (AvgIpc) is 2.87. The molecular weight excluding hydrogens is 633 g/mol. The van der Waals surface area contributed by atoms with Gasteiger partial charge in [-0.1, -0.05) is 6.07 Å². The second kappa shape index (κ2) is 14.7. The number of hydrogen-bond donors (Lipinski definition) is 0. The van der Waals surface area contributed by atoms with Crippen LogP contribution in [-0.2, 0) is 23.5 Å². The van der Waals surface area contributed by atoms with E-state index in [1.54, 1.807) is 0 Å². The number of benzene rings is 2. The summed E-state index contributed by atoms with van der Waals surface area (Å²) in [6, 6.07) is 3.33. The molecule has 0 N–H and O–H groups in total. The van der Waals surface area contributed by atoms with Crippen LogP contribution in [0.2, 0.25) is 0 Å². The van der Waals surface area contributed by atoms with Gasteiger partial charge in [0.05, 0.1) is 23.3 Å². The quantitative estimate of drug-likeness (QED) is 0.338. The molecule has 0 aromatic heterocycles. The Bertz CT molecular complexity index is 1210. The molecule has 0 bridgehead atoms. The Morgan fingerprint density at radius 1 is 0.791 bits per heavy atom. The molecule has 2 heterocycles. The molecule has 2 aromatic carbocycles. The molecule has 2 saturated heterocycles. The van der Waals surface area contributed by atoms with Gasteiger partial charge < -0.3 is 9.64 Å². The first-order valence-electron chi connectivity index (χ1n) is 13.2. The molecule has 0 saturated carbocycles. The monoisotopic (exact) mass is 665 g/mol. The van der Waals surface area contributed by atoms with E-state index in [0.29, 0.717) is 37.3 Å². The molecule has 43 heavy (non-hydrogen) atoms. The summed E-state index contributed by atoms with van der Waals surface area (Å²) in [4.78, 5) is 19.0. The molecule has 0 radical (unpaired) electrons. The highest BCUT2D eigenvalue weighted by molar-refractivity contribution is 5.95. The van der Waals surface area contributed by atoms with Gasteiger partial charge in [0.2, 0.25) is 0 Å². The van der Waals surface area contributed by atoms with Crippen LogP contribution in [-0.4, -0.2) is 84.7 Å². The molecule has 15 heteroatoms. The third-order valence-corrected chi connectivity index (χ3v) is 7.35.